The van der Waals surface area contributed by atoms with Crippen LogP contribution in [-0.2, 0) is 0 Å². The van der Waals surface area contributed by atoms with E-state index in [4.69, 9.17) is 60.6 Å². The van der Waals surface area contributed by atoms with Gasteiger partial charge in [-0.3, -0.25) is 0 Å². The van der Waals surface area contributed by atoms with Crippen LogP contribution in [0.1, 0.15) is 0 Å². The van der Waals surface area contributed by atoms with E-state index in [1.165, 1.54) is 21.5 Å². The number of aromatic hydroxyl groups is 1. The molecule has 0 spiro atoms. The van der Waals surface area contributed by atoms with E-state index >= 15 is 0 Å². The van der Waals surface area contributed by atoms with Gasteiger partial charge in [-0.15, -0.1) is 0 Å². The molecule has 18 aromatic rings. The SMILES string of the molecule is COc1ccc(-c2c3c4cccc5c(-c6ccc7c8c(-c9ccc(OC)cc9)c9c%10ccc(Cl)c%11c(Cl)ccc(c9c(-c9ccc(OC)cc9)c8c8cccc6c87)c%11%10)ccc(c3c(-c3ccc(O)cc3)c3c6ccc(Cl)c7c(Cl)ccc(c23)c76)c54)cc1. The van der Waals surface area contributed by atoms with Crippen molar-refractivity contribution in [3.8, 4) is 78.6 Å². The molecule has 18 rings (SSSR count). The van der Waals surface area contributed by atoms with Gasteiger partial charge in [0.25, 0.3) is 0 Å². The summed E-state index contributed by atoms with van der Waals surface area (Å²) in [5, 5.41) is 39.8. The molecule has 0 aliphatic rings. The number of rotatable bonds is 8. The number of hydrogen-bond acceptors (Lipinski definition) is 4. The number of fused-ring (bicyclic) bond motifs is 12. The highest BCUT2D eigenvalue weighted by atomic mass is 35.5. The fourth-order valence-corrected chi connectivity index (χ4v) is 16.6. The molecule has 0 saturated heterocycles. The number of hydrogen-bond donors (Lipinski definition) is 1. The molecule has 0 fully saturated rings. The Morgan fingerprint density at radius 1 is 0.230 bits per heavy atom. The minimum atomic E-state index is 0.200. The van der Waals surface area contributed by atoms with Crippen molar-refractivity contribution in [3.05, 3.63) is 226 Å². The van der Waals surface area contributed by atoms with E-state index < -0.39 is 0 Å². The predicted molar refractivity (Wildman–Crippen MR) is 370 cm³/mol. The Balaban J connectivity index is 0.991. The van der Waals surface area contributed by atoms with Gasteiger partial charge >= 0.3 is 0 Å². The average Bonchev–Trinajstić information content (AvgIpc) is 1.66. The van der Waals surface area contributed by atoms with Gasteiger partial charge in [-0.05, 0) is 236 Å². The fraction of sp³-hybridized carbons (Fsp3) is 0.0380. The lowest BCUT2D eigenvalue weighted by molar-refractivity contribution is 0.415. The summed E-state index contributed by atoms with van der Waals surface area (Å²) in [7, 11) is 5.13. The van der Waals surface area contributed by atoms with Crippen molar-refractivity contribution < 1.29 is 19.3 Å². The first-order valence-electron chi connectivity index (χ1n) is 28.8. The topological polar surface area (TPSA) is 47.9 Å². The molecule has 0 aliphatic heterocycles. The molecule has 0 amide bonds. The highest BCUT2D eigenvalue weighted by Gasteiger charge is 2.32. The van der Waals surface area contributed by atoms with Crippen molar-refractivity contribution in [2.24, 2.45) is 0 Å². The zero-order chi connectivity index (χ0) is 58.4. The zero-order valence-corrected chi connectivity index (χ0v) is 49.8. The van der Waals surface area contributed by atoms with E-state index in [9.17, 15) is 5.11 Å². The Hall–Kier alpha value is -9.52. The minimum absolute atomic E-state index is 0.200. The largest absolute Gasteiger partial charge is 0.508 e. The molecule has 18 aromatic carbocycles. The van der Waals surface area contributed by atoms with E-state index in [1.807, 2.05) is 48.5 Å². The maximum atomic E-state index is 10.8. The van der Waals surface area contributed by atoms with Gasteiger partial charge in [0.05, 0.1) is 21.3 Å². The van der Waals surface area contributed by atoms with Crippen LogP contribution in [0, 0.1) is 0 Å². The lowest BCUT2D eigenvalue weighted by Gasteiger charge is -2.16. The quantitative estimate of drug-likeness (QED) is 0.165. The van der Waals surface area contributed by atoms with Gasteiger partial charge < -0.3 is 19.3 Å². The van der Waals surface area contributed by atoms with Crippen LogP contribution in [-0.4, -0.2) is 26.4 Å². The summed E-state index contributed by atoms with van der Waals surface area (Å²) in [4.78, 5) is 0. The molecule has 0 heterocycles. The second kappa shape index (κ2) is 18.5. The molecule has 1 N–H and O–H groups in total. The number of ether oxygens (including phenoxy) is 3. The fourth-order valence-electron chi connectivity index (χ4n) is 15.5. The third-order valence-corrected chi connectivity index (χ3v) is 20.2. The van der Waals surface area contributed by atoms with E-state index in [1.54, 1.807) is 33.5 Å². The van der Waals surface area contributed by atoms with Gasteiger partial charge in [-0.1, -0.05) is 180 Å². The Labute approximate surface area is 517 Å². The van der Waals surface area contributed by atoms with E-state index in [-0.39, 0.29) is 5.75 Å². The predicted octanol–water partition coefficient (Wildman–Crippen LogP) is 24.0. The number of phenols is 1. The first-order chi connectivity index (χ1) is 42.6. The molecule has 8 heteroatoms. The summed E-state index contributed by atoms with van der Waals surface area (Å²) >= 11 is 28.5. The summed E-state index contributed by atoms with van der Waals surface area (Å²) in [6, 6.07) is 72.8. The van der Waals surface area contributed by atoms with Gasteiger partial charge in [0.15, 0.2) is 0 Å². The van der Waals surface area contributed by atoms with Crippen LogP contribution in [0.5, 0.6) is 23.0 Å². The first-order valence-corrected chi connectivity index (χ1v) is 30.3. The molecule has 0 atom stereocenters. The van der Waals surface area contributed by atoms with Crippen LogP contribution < -0.4 is 14.2 Å². The normalized spacial score (nSPS) is 12.4. The Bertz CT molecular complexity index is 5810. The molecule has 0 radical (unpaired) electrons. The highest BCUT2D eigenvalue weighted by Crippen LogP contribution is 2.60. The van der Waals surface area contributed by atoms with E-state index in [2.05, 4.69) is 146 Å². The van der Waals surface area contributed by atoms with Crippen molar-refractivity contribution in [3.63, 3.8) is 0 Å². The van der Waals surface area contributed by atoms with Gasteiger partial charge in [-0.25, -0.2) is 0 Å². The van der Waals surface area contributed by atoms with Gasteiger partial charge in [0.1, 0.15) is 23.0 Å². The van der Waals surface area contributed by atoms with Gasteiger partial charge in [0, 0.05) is 41.6 Å². The van der Waals surface area contributed by atoms with Crippen LogP contribution in [0.3, 0.4) is 0 Å². The third-order valence-electron chi connectivity index (χ3n) is 18.9. The van der Waals surface area contributed by atoms with Crippen LogP contribution in [0.25, 0.3) is 185 Å². The minimum Gasteiger partial charge on any atom is -0.508 e. The monoisotopic (exact) mass is 1200 g/mol. The van der Waals surface area contributed by atoms with Crippen molar-refractivity contribution in [1.82, 2.24) is 0 Å². The van der Waals surface area contributed by atoms with E-state index in [0.717, 1.165) is 181 Å². The molecule has 87 heavy (non-hydrogen) atoms. The number of phenolic OH excluding ortho intramolecular Hbond substituents is 1. The molecule has 4 nitrogen and oxygen atoms in total. The van der Waals surface area contributed by atoms with Crippen LogP contribution in [0.4, 0.5) is 0 Å². The molecule has 0 unspecified atom stereocenters. The van der Waals surface area contributed by atoms with Crippen molar-refractivity contribution >= 4 is 176 Å². The molecular formula is C79H44Cl4O4. The maximum Gasteiger partial charge on any atom is 0.118 e. The van der Waals surface area contributed by atoms with Crippen molar-refractivity contribution in [1.29, 1.82) is 0 Å². The average molecular weight is 1200 g/mol. The summed E-state index contributed by atoms with van der Waals surface area (Å²) < 4.78 is 17.3. The number of benzene rings is 14. The van der Waals surface area contributed by atoms with E-state index in [0.29, 0.717) is 20.1 Å². The molecule has 0 bridgehead atoms. The second-order valence-electron chi connectivity index (χ2n) is 22.9. The lowest BCUT2D eigenvalue weighted by atomic mass is 9.87. The van der Waals surface area contributed by atoms with Gasteiger partial charge in [-0.2, -0.15) is 0 Å². The highest BCUT2D eigenvalue weighted by molar-refractivity contribution is 6.53. The molecular weight excluding hydrogens is 1150 g/mol. The maximum absolute atomic E-state index is 10.8. The first kappa shape index (κ1) is 50.8. The Kier molecular flexibility index (Phi) is 10.8. The Morgan fingerprint density at radius 2 is 0.471 bits per heavy atom. The Morgan fingerprint density at radius 3 is 0.759 bits per heavy atom. The lowest BCUT2D eigenvalue weighted by Crippen LogP contribution is -1.89. The number of methoxy groups -OCH3 is 3. The second-order valence-corrected chi connectivity index (χ2v) is 24.5. The molecule has 0 aliphatic carbocycles. The standard InChI is InChI=1S/C79H44Cl4O4/c1-85-43-20-12-39(13-21-43)63-70-50-8-4-6-48-46(26-28-52(66(48)50)72(70)62(38-10-18-42(84)19-11-38)74-54-30-34-58(80)78-59(81)35-31-55(68(54)78)75(63)74)47-27-29-53-67-49(47)7-5-9-51(67)71-64(40-14-22-44(86-2)23-15-40)76-56-32-36-60(82)79-61(83)37-33-57(69(56)79)77(76)65(73(53)71)41-16-24-45(87-3)25-17-41/h4-37,84H,1-3H3. The molecule has 412 valence electrons. The molecule has 0 saturated carbocycles. The molecule has 0 aromatic heterocycles. The van der Waals surface area contributed by atoms with Crippen LogP contribution in [0.15, 0.2) is 206 Å². The third kappa shape index (κ3) is 6.76. The van der Waals surface area contributed by atoms with Crippen LogP contribution in [0.2, 0.25) is 20.1 Å². The summed E-state index contributed by atoms with van der Waals surface area (Å²) in [5.74, 6) is 2.54. The van der Waals surface area contributed by atoms with Gasteiger partial charge in [0.2, 0.25) is 0 Å². The smallest absolute Gasteiger partial charge is 0.118 e. The summed E-state index contributed by atoms with van der Waals surface area (Å²) in [6.07, 6.45) is 0. The summed E-state index contributed by atoms with van der Waals surface area (Å²) in [6.45, 7) is 0. The van der Waals surface area contributed by atoms with Crippen LogP contribution >= 0.6 is 46.4 Å². The van der Waals surface area contributed by atoms with Crippen molar-refractivity contribution in [2.45, 2.75) is 0 Å². The van der Waals surface area contributed by atoms with Crippen molar-refractivity contribution in [2.75, 3.05) is 21.3 Å². The summed E-state index contributed by atoms with van der Waals surface area (Å²) in [5.41, 5.74) is 10.9. The zero-order valence-electron chi connectivity index (χ0n) is 46.8. The number of halogens is 4.